The van der Waals surface area contributed by atoms with Gasteiger partial charge in [0.2, 0.25) is 17.7 Å². The molecule has 0 radical (unpaired) electrons. The molecule has 2 N–H and O–H groups in total. The van der Waals surface area contributed by atoms with Crippen LogP contribution in [0.3, 0.4) is 0 Å². The minimum atomic E-state index is -1.19. The summed E-state index contributed by atoms with van der Waals surface area (Å²) < 4.78 is 0. The van der Waals surface area contributed by atoms with Crippen LogP contribution in [0.5, 0.6) is 0 Å². The van der Waals surface area contributed by atoms with E-state index in [0.717, 1.165) is 11.1 Å². The molecule has 0 saturated carbocycles. The number of likely N-dealkylation sites (tertiary alicyclic amines) is 1. The van der Waals surface area contributed by atoms with Crippen LogP contribution in [0.25, 0.3) is 0 Å². The second-order valence-corrected chi connectivity index (χ2v) is 8.79. The molecule has 2 fully saturated rings. The Kier molecular flexibility index (Phi) is 4.29. The molecule has 0 aliphatic carbocycles. The van der Waals surface area contributed by atoms with Gasteiger partial charge in [-0.3, -0.25) is 24.6 Å². The Hall–Kier alpha value is -2.99. The van der Waals surface area contributed by atoms with E-state index in [1.165, 1.54) is 4.90 Å². The molecule has 1 spiro atoms. The summed E-state index contributed by atoms with van der Waals surface area (Å²) in [5.41, 5.74) is 1.36. The number of fused-ring (bicyclic) bond motifs is 4. The van der Waals surface area contributed by atoms with Gasteiger partial charge in [-0.1, -0.05) is 62.4 Å². The molecule has 2 aromatic rings. The van der Waals surface area contributed by atoms with Crippen molar-refractivity contribution in [3.63, 3.8) is 0 Å². The van der Waals surface area contributed by atoms with E-state index in [2.05, 4.69) is 10.6 Å². The van der Waals surface area contributed by atoms with Gasteiger partial charge >= 0.3 is 0 Å². The molecule has 5 rings (SSSR count). The second kappa shape index (κ2) is 6.77. The minimum Gasteiger partial charge on any atom is -0.324 e. The second-order valence-electron chi connectivity index (χ2n) is 8.79. The third-order valence-corrected chi connectivity index (χ3v) is 6.83. The number of para-hydroxylation sites is 1. The monoisotopic (exact) mass is 403 g/mol. The van der Waals surface area contributed by atoms with Crippen LogP contribution in [0.1, 0.15) is 25.0 Å². The van der Waals surface area contributed by atoms with Crippen molar-refractivity contribution in [1.82, 2.24) is 10.2 Å². The lowest BCUT2D eigenvalue weighted by Crippen LogP contribution is -2.54. The number of anilines is 1. The zero-order chi connectivity index (χ0) is 21.0. The van der Waals surface area contributed by atoms with E-state index >= 15 is 0 Å². The zero-order valence-corrected chi connectivity index (χ0v) is 17.1. The van der Waals surface area contributed by atoms with Crippen molar-refractivity contribution >= 4 is 23.4 Å². The largest absolute Gasteiger partial charge is 0.324 e. The van der Waals surface area contributed by atoms with Crippen molar-refractivity contribution in [3.05, 3.63) is 65.7 Å². The fourth-order valence-electron chi connectivity index (χ4n) is 5.43. The summed E-state index contributed by atoms with van der Waals surface area (Å²) in [7, 11) is 0. The first kappa shape index (κ1) is 19.0. The van der Waals surface area contributed by atoms with Gasteiger partial charge in [-0.25, -0.2) is 0 Å². The fraction of sp³-hybridized carbons (Fsp3) is 0.375. The highest BCUT2D eigenvalue weighted by Crippen LogP contribution is 2.53. The number of nitrogens with zero attached hydrogens (tertiary/aromatic N) is 1. The molecule has 3 heterocycles. The summed E-state index contributed by atoms with van der Waals surface area (Å²) >= 11 is 0. The lowest BCUT2D eigenvalue weighted by Gasteiger charge is -2.30. The number of amides is 3. The van der Waals surface area contributed by atoms with Crippen LogP contribution in [0.2, 0.25) is 0 Å². The van der Waals surface area contributed by atoms with Crippen molar-refractivity contribution in [2.24, 2.45) is 17.8 Å². The van der Waals surface area contributed by atoms with Crippen molar-refractivity contribution in [2.75, 3.05) is 11.9 Å². The number of hydrogen-bond donors (Lipinski definition) is 2. The molecule has 2 aromatic carbocycles. The van der Waals surface area contributed by atoms with E-state index < -0.39 is 17.4 Å². The number of benzene rings is 2. The first-order valence-electron chi connectivity index (χ1n) is 10.5. The van der Waals surface area contributed by atoms with Gasteiger partial charge in [-0.15, -0.1) is 0 Å². The normalized spacial score (nSPS) is 29.6. The van der Waals surface area contributed by atoms with Crippen LogP contribution in [0, 0.1) is 17.8 Å². The maximum Gasteiger partial charge on any atom is 0.250 e. The number of nitrogens with one attached hydrogen (secondary N) is 2. The minimum absolute atomic E-state index is 0.100. The Morgan fingerprint density at radius 1 is 0.967 bits per heavy atom. The standard InChI is InChI=1S/C24H25N3O3/c1-14(2)20-18-19(24(26-20)16-10-6-7-11-17(16)25-23(24)30)22(29)27(21(18)28)13-12-15-8-4-3-5-9-15/h3-11,14,18-20,26H,12-13H2,1-2H3,(H,25,30)/t18-,19+,20+,24+/m1/s1. The van der Waals surface area contributed by atoms with Gasteiger partial charge in [0, 0.05) is 23.8 Å². The van der Waals surface area contributed by atoms with Crippen LogP contribution in [0.15, 0.2) is 54.6 Å². The average Bonchev–Trinajstić information content (AvgIpc) is 3.33. The molecular weight excluding hydrogens is 378 g/mol. The molecule has 0 aromatic heterocycles. The highest BCUT2D eigenvalue weighted by Gasteiger charge is 2.70. The fourth-order valence-corrected chi connectivity index (χ4v) is 5.43. The van der Waals surface area contributed by atoms with Crippen molar-refractivity contribution < 1.29 is 14.4 Å². The average molecular weight is 403 g/mol. The molecule has 2 saturated heterocycles. The molecule has 6 heteroatoms. The van der Waals surface area contributed by atoms with Crippen LogP contribution < -0.4 is 10.6 Å². The van der Waals surface area contributed by atoms with E-state index in [9.17, 15) is 14.4 Å². The first-order valence-corrected chi connectivity index (χ1v) is 10.5. The molecular formula is C24H25N3O3. The molecule has 4 atom stereocenters. The van der Waals surface area contributed by atoms with Gasteiger partial charge < -0.3 is 5.32 Å². The first-order chi connectivity index (χ1) is 14.4. The summed E-state index contributed by atoms with van der Waals surface area (Å²) in [4.78, 5) is 41.6. The summed E-state index contributed by atoms with van der Waals surface area (Å²) in [6.45, 7) is 4.38. The molecule has 0 unspecified atom stereocenters. The lowest BCUT2D eigenvalue weighted by molar-refractivity contribution is -0.142. The van der Waals surface area contributed by atoms with Gasteiger partial charge in [-0.2, -0.15) is 0 Å². The van der Waals surface area contributed by atoms with Gasteiger partial charge in [0.25, 0.3) is 0 Å². The number of carbonyl (C=O) groups excluding carboxylic acids is 3. The number of hydrogen-bond acceptors (Lipinski definition) is 4. The van der Waals surface area contributed by atoms with E-state index in [0.29, 0.717) is 18.7 Å². The number of imide groups is 1. The van der Waals surface area contributed by atoms with Crippen LogP contribution >= 0.6 is 0 Å². The van der Waals surface area contributed by atoms with E-state index in [1.54, 1.807) is 0 Å². The summed E-state index contributed by atoms with van der Waals surface area (Å²) in [6.07, 6.45) is 0.604. The molecule has 3 aliphatic heterocycles. The Morgan fingerprint density at radius 2 is 1.67 bits per heavy atom. The third kappa shape index (κ3) is 2.50. The highest BCUT2D eigenvalue weighted by molar-refractivity contribution is 6.15. The highest BCUT2D eigenvalue weighted by atomic mass is 16.2. The predicted molar refractivity (Wildman–Crippen MR) is 112 cm³/mol. The molecule has 0 bridgehead atoms. The van der Waals surface area contributed by atoms with E-state index in [-0.39, 0.29) is 29.7 Å². The van der Waals surface area contributed by atoms with E-state index in [1.807, 2.05) is 68.4 Å². The van der Waals surface area contributed by atoms with Crippen molar-refractivity contribution in [3.8, 4) is 0 Å². The zero-order valence-electron chi connectivity index (χ0n) is 17.1. The Labute approximate surface area is 175 Å². The summed E-state index contributed by atoms with van der Waals surface area (Å²) in [5, 5.41) is 6.38. The SMILES string of the molecule is CC(C)[C@@H]1N[C@]2(C(=O)Nc3ccccc32)[C@@H]2C(=O)N(CCc3ccccc3)C(=O)[C@H]21. The molecule has 6 nitrogen and oxygen atoms in total. The molecule has 3 aliphatic rings. The maximum absolute atomic E-state index is 13.6. The molecule has 30 heavy (non-hydrogen) atoms. The third-order valence-electron chi connectivity index (χ3n) is 6.83. The lowest BCUT2D eigenvalue weighted by atomic mass is 9.76. The van der Waals surface area contributed by atoms with E-state index in [4.69, 9.17) is 0 Å². The Bertz CT molecular complexity index is 1040. The quantitative estimate of drug-likeness (QED) is 0.768. The summed E-state index contributed by atoms with van der Waals surface area (Å²) in [5.74, 6) is -1.82. The smallest absolute Gasteiger partial charge is 0.250 e. The van der Waals surface area contributed by atoms with Gasteiger partial charge in [0.15, 0.2) is 0 Å². The predicted octanol–water partition coefficient (Wildman–Crippen LogP) is 2.31. The molecule has 154 valence electrons. The van der Waals surface area contributed by atoms with Crippen LogP contribution in [-0.4, -0.2) is 35.2 Å². The van der Waals surface area contributed by atoms with Gasteiger partial charge in [0.05, 0.1) is 11.8 Å². The number of rotatable bonds is 4. The van der Waals surface area contributed by atoms with Crippen molar-refractivity contribution in [2.45, 2.75) is 31.8 Å². The van der Waals surface area contributed by atoms with Crippen molar-refractivity contribution in [1.29, 1.82) is 0 Å². The Balaban J connectivity index is 1.54. The maximum atomic E-state index is 13.6. The van der Waals surface area contributed by atoms with Crippen LogP contribution in [0.4, 0.5) is 5.69 Å². The van der Waals surface area contributed by atoms with Gasteiger partial charge in [0.1, 0.15) is 5.54 Å². The summed E-state index contributed by atoms with van der Waals surface area (Å²) in [6, 6.07) is 17.0. The Morgan fingerprint density at radius 3 is 2.40 bits per heavy atom. The topological polar surface area (TPSA) is 78.5 Å². The molecule has 3 amide bonds. The number of carbonyl (C=O) groups is 3. The van der Waals surface area contributed by atoms with Crippen LogP contribution in [-0.2, 0) is 26.3 Å². The van der Waals surface area contributed by atoms with Gasteiger partial charge in [-0.05, 0) is 24.0 Å².